The largest absolute Gasteiger partial charge is 0.364 e. The zero-order valence-electron chi connectivity index (χ0n) is 19.8. The van der Waals surface area contributed by atoms with E-state index in [0.29, 0.717) is 17.6 Å². The van der Waals surface area contributed by atoms with Crippen LogP contribution in [-0.4, -0.2) is 76.9 Å². The van der Waals surface area contributed by atoms with Gasteiger partial charge in [0.25, 0.3) is 5.91 Å². The van der Waals surface area contributed by atoms with Crippen molar-refractivity contribution in [3.8, 4) is 0 Å². The van der Waals surface area contributed by atoms with E-state index in [1.807, 2.05) is 43.7 Å². The van der Waals surface area contributed by atoms with E-state index in [2.05, 4.69) is 19.7 Å². The van der Waals surface area contributed by atoms with E-state index in [1.54, 1.807) is 25.2 Å². The number of amides is 3. The molecule has 1 aliphatic rings. The molecule has 11 heteroatoms. The van der Waals surface area contributed by atoms with Gasteiger partial charge in [-0.05, 0) is 43.3 Å². The summed E-state index contributed by atoms with van der Waals surface area (Å²) in [5.41, 5.74) is 6.43. The van der Waals surface area contributed by atoms with E-state index in [1.165, 1.54) is 11.5 Å². The first-order valence-electron chi connectivity index (χ1n) is 10.8. The average molecular weight is 463 g/mol. The summed E-state index contributed by atoms with van der Waals surface area (Å²) in [5.74, 6) is 0.773. The van der Waals surface area contributed by atoms with Gasteiger partial charge >= 0.3 is 6.03 Å². The van der Waals surface area contributed by atoms with E-state index >= 15 is 0 Å². The van der Waals surface area contributed by atoms with Crippen LogP contribution in [-0.2, 0) is 0 Å². The van der Waals surface area contributed by atoms with E-state index < -0.39 is 5.91 Å². The fraction of sp³-hybridized carbons (Fsp3) is 0.571. The number of urea groups is 1. The van der Waals surface area contributed by atoms with E-state index in [9.17, 15) is 9.59 Å². The van der Waals surface area contributed by atoms with Gasteiger partial charge in [-0.15, -0.1) is 0 Å². The quantitative estimate of drug-likeness (QED) is 0.677. The topological polar surface area (TPSA) is 121 Å². The highest BCUT2D eigenvalue weighted by Crippen LogP contribution is 2.25. The van der Waals surface area contributed by atoms with Gasteiger partial charge in [-0.1, -0.05) is 13.8 Å². The highest BCUT2D eigenvalue weighted by Gasteiger charge is 2.25. The molecule has 32 heavy (non-hydrogen) atoms. The van der Waals surface area contributed by atoms with Crippen molar-refractivity contribution in [1.29, 1.82) is 0 Å². The molecule has 0 radical (unpaired) electrons. The molecule has 1 saturated heterocycles. The van der Waals surface area contributed by atoms with E-state index in [0.717, 1.165) is 43.2 Å². The van der Waals surface area contributed by atoms with Crippen LogP contribution in [0.3, 0.4) is 0 Å². The van der Waals surface area contributed by atoms with Crippen LogP contribution < -0.4 is 16.0 Å². The molecular weight excluding hydrogens is 428 g/mol. The number of carbonyl (C=O) groups excluding carboxylic acids is 2. The van der Waals surface area contributed by atoms with E-state index in [-0.39, 0.29) is 11.7 Å². The maximum atomic E-state index is 12.1. The fourth-order valence-electron chi connectivity index (χ4n) is 3.44. The normalized spacial score (nSPS) is 13.8. The number of aromatic nitrogens is 3. The van der Waals surface area contributed by atoms with Crippen molar-refractivity contribution in [2.75, 3.05) is 51.0 Å². The molecule has 1 fully saturated rings. The number of anilines is 3. The zero-order valence-corrected chi connectivity index (χ0v) is 20.6. The third kappa shape index (κ3) is 6.52. The van der Waals surface area contributed by atoms with Gasteiger partial charge in [0.1, 0.15) is 10.8 Å². The molecular formula is C21H34N8O2S. The van der Waals surface area contributed by atoms with Crippen LogP contribution in [0.5, 0.6) is 0 Å². The van der Waals surface area contributed by atoms with Crippen LogP contribution in [0.1, 0.15) is 42.9 Å². The van der Waals surface area contributed by atoms with Gasteiger partial charge in [0, 0.05) is 40.8 Å². The number of nitrogens with zero attached hydrogens (tertiary/aromatic N) is 6. The number of likely N-dealkylation sites (tertiary alicyclic amines) is 1. The highest BCUT2D eigenvalue weighted by molar-refractivity contribution is 7.10. The number of piperidine rings is 1. The molecule has 0 unspecified atom stereocenters. The number of hydrogen-bond acceptors (Lipinski definition) is 8. The monoisotopic (exact) mass is 462 g/mol. The summed E-state index contributed by atoms with van der Waals surface area (Å²) in [4.78, 5) is 38.2. The summed E-state index contributed by atoms with van der Waals surface area (Å²) in [6, 6.07) is 1.93. The summed E-state index contributed by atoms with van der Waals surface area (Å²) >= 11 is 1.28. The van der Waals surface area contributed by atoms with Gasteiger partial charge < -0.3 is 25.8 Å². The first-order valence-corrected chi connectivity index (χ1v) is 11.6. The molecule has 176 valence electrons. The van der Waals surface area contributed by atoms with Gasteiger partial charge in [0.15, 0.2) is 11.5 Å². The predicted octanol–water partition coefficient (Wildman–Crippen LogP) is 2.94. The number of aryl methyl sites for hydroxylation is 1. The van der Waals surface area contributed by atoms with E-state index in [4.69, 9.17) is 5.73 Å². The molecule has 10 nitrogen and oxygen atoms in total. The number of hydrogen-bond donors (Lipinski definition) is 2. The van der Waals surface area contributed by atoms with Crippen molar-refractivity contribution in [3.05, 3.63) is 23.7 Å². The van der Waals surface area contributed by atoms with Crippen molar-refractivity contribution in [3.63, 3.8) is 0 Å². The minimum atomic E-state index is -0.640. The number of primary amides is 1. The average Bonchev–Trinajstić information content (AvgIpc) is 3.19. The smallest absolute Gasteiger partial charge is 0.319 e. The first kappa shape index (κ1) is 25.3. The highest BCUT2D eigenvalue weighted by atomic mass is 32.1. The Kier molecular flexibility index (Phi) is 9.18. The number of nitrogens with one attached hydrogen (secondary N) is 1. The molecule has 0 atom stereocenters. The fourth-order valence-corrected chi connectivity index (χ4v) is 4.10. The zero-order chi connectivity index (χ0) is 23.8. The molecule has 0 saturated carbocycles. The van der Waals surface area contributed by atoms with Gasteiger partial charge in [-0.2, -0.15) is 4.37 Å². The summed E-state index contributed by atoms with van der Waals surface area (Å²) in [6.45, 7) is 8.18. The number of carbonyl (C=O) groups is 2. The second kappa shape index (κ2) is 11.6. The van der Waals surface area contributed by atoms with Crippen LogP contribution in [0.2, 0.25) is 0 Å². The maximum absolute atomic E-state index is 12.1. The first-order chi connectivity index (χ1) is 15.2. The number of rotatable bonds is 6. The van der Waals surface area contributed by atoms with Crippen LogP contribution in [0.25, 0.3) is 0 Å². The summed E-state index contributed by atoms with van der Waals surface area (Å²) in [6.07, 6.45) is 3.43. The molecule has 2 aromatic rings. The van der Waals surface area contributed by atoms with Gasteiger partial charge in [0.05, 0.1) is 11.9 Å². The molecule has 0 bridgehead atoms. The predicted molar refractivity (Wildman–Crippen MR) is 129 cm³/mol. The van der Waals surface area contributed by atoms with Crippen LogP contribution in [0, 0.1) is 12.8 Å². The minimum absolute atomic E-state index is 0.0590. The summed E-state index contributed by atoms with van der Waals surface area (Å²) < 4.78 is 4.22. The summed E-state index contributed by atoms with van der Waals surface area (Å²) in [5, 5.41) is 3.87. The summed E-state index contributed by atoms with van der Waals surface area (Å²) in [7, 11) is 5.50. The maximum Gasteiger partial charge on any atom is 0.319 e. The van der Waals surface area contributed by atoms with Crippen LogP contribution in [0.4, 0.5) is 21.4 Å². The van der Waals surface area contributed by atoms with Crippen molar-refractivity contribution in [2.45, 2.75) is 33.6 Å². The standard InChI is InChI=1S/C19H28N8O2S.C2H6/c1-12-9-15(30-24-12)23-18-16(17(20)28)21-10-14(22-18)26(4)11-13-5-7-27(8-6-13)19(29)25(2)3;1-2/h9-10,13H,5-8,11H2,1-4H3,(H2,20,28)(H,22,23);1-2H3. The lowest BCUT2D eigenvalue weighted by Crippen LogP contribution is -2.45. The van der Waals surface area contributed by atoms with Crippen molar-refractivity contribution in [2.24, 2.45) is 11.7 Å². The van der Waals surface area contributed by atoms with Crippen molar-refractivity contribution < 1.29 is 9.59 Å². The van der Waals surface area contributed by atoms with Crippen molar-refractivity contribution >= 4 is 40.1 Å². The Morgan fingerprint density at radius 3 is 2.44 bits per heavy atom. The van der Waals surface area contributed by atoms with Crippen molar-refractivity contribution in [1.82, 2.24) is 24.1 Å². The van der Waals surface area contributed by atoms with Crippen LogP contribution in [0.15, 0.2) is 12.3 Å². The third-order valence-electron chi connectivity index (χ3n) is 5.05. The second-order valence-electron chi connectivity index (χ2n) is 7.74. The SMILES string of the molecule is CC.Cc1cc(Nc2nc(N(C)CC3CCN(C(=O)N(C)C)CC3)cnc2C(N)=O)sn1. The molecule has 3 rings (SSSR count). The second-order valence-corrected chi connectivity index (χ2v) is 8.54. The molecule has 3 amide bonds. The molecule has 1 aliphatic heterocycles. The Balaban J connectivity index is 0.00000176. The minimum Gasteiger partial charge on any atom is -0.364 e. The van der Waals surface area contributed by atoms with Gasteiger partial charge in [-0.3, -0.25) is 4.79 Å². The Labute approximate surface area is 194 Å². The Morgan fingerprint density at radius 2 is 1.91 bits per heavy atom. The lowest BCUT2D eigenvalue weighted by atomic mass is 9.96. The molecule has 2 aromatic heterocycles. The lowest BCUT2D eigenvalue weighted by molar-refractivity contribution is 0.0996. The Hall–Kier alpha value is -2.95. The number of nitrogens with two attached hydrogens (primary N) is 1. The van der Waals surface area contributed by atoms with Gasteiger partial charge in [0.2, 0.25) is 0 Å². The van der Waals surface area contributed by atoms with Crippen LogP contribution >= 0.6 is 11.5 Å². The molecule has 0 aromatic carbocycles. The molecule has 3 N–H and O–H groups in total. The third-order valence-corrected chi connectivity index (χ3v) is 5.85. The molecule has 0 spiro atoms. The molecule has 0 aliphatic carbocycles. The Morgan fingerprint density at radius 1 is 1.25 bits per heavy atom. The molecule has 3 heterocycles. The Bertz CT molecular complexity index is 909. The lowest BCUT2D eigenvalue weighted by Gasteiger charge is -2.35. The van der Waals surface area contributed by atoms with Gasteiger partial charge in [-0.25, -0.2) is 14.8 Å².